The largest absolute Gasteiger partial charge is 0.496 e. The van der Waals surface area contributed by atoms with E-state index in [1.54, 1.807) is 30.3 Å². The summed E-state index contributed by atoms with van der Waals surface area (Å²) in [6.45, 7) is 0. The Kier molecular flexibility index (Phi) is 5.07. The fourth-order valence-electron chi connectivity index (χ4n) is 2.70. The molecule has 3 aromatic rings. The smallest absolute Gasteiger partial charge is 0.363 e. The van der Waals surface area contributed by atoms with E-state index in [1.165, 1.54) is 7.11 Å². The molecule has 0 saturated heterocycles. The molecule has 1 aliphatic rings. The third-order valence-corrected chi connectivity index (χ3v) is 4.81. The van der Waals surface area contributed by atoms with Crippen LogP contribution in [-0.2, 0) is 9.53 Å². The minimum absolute atomic E-state index is 0.142. The molecule has 0 aliphatic carbocycles. The number of furan rings is 1. The van der Waals surface area contributed by atoms with Gasteiger partial charge < -0.3 is 13.9 Å². The third kappa shape index (κ3) is 3.74. The molecule has 2 heterocycles. The van der Waals surface area contributed by atoms with Crippen molar-refractivity contribution < 1.29 is 18.7 Å². The predicted molar refractivity (Wildman–Crippen MR) is 110 cm³/mol. The monoisotopic (exact) mass is 457 g/mol. The lowest BCUT2D eigenvalue weighted by atomic mass is 10.2. The second-order valence-corrected chi connectivity index (χ2v) is 7.24. The van der Waals surface area contributed by atoms with E-state index in [0.29, 0.717) is 27.9 Å². The first kappa shape index (κ1) is 18.5. The van der Waals surface area contributed by atoms with Crippen molar-refractivity contribution in [2.45, 2.75) is 0 Å². The van der Waals surface area contributed by atoms with Gasteiger partial charge in [-0.05, 0) is 42.5 Å². The molecule has 0 unspecified atom stereocenters. The number of hydrogen-bond acceptors (Lipinski definition) is 5. The van der Waals surface area contributed by atoms with Crippen LogP contribution in [0.2, 0.25) is 5.02 Å². The Morgan fingerprint density at radius 3 is 2.64 bits per heavy atom. The zero-order valence-electron chi connectivity index (χ0n) is 14.6. The molecule has 0 saturated carbocycles. The van der Waals surface area contributed by atoms with Gasteiger partial charge in [0.25, 0.3) is 0 Å². The molecule has 2 aromatic carbocycles. The molecule has 0 atom stereocenters. The summed E-state index contributed by atoms with van der Waals surface area (Å²) in [5, 5.41) is 0.511. The maximum atomic E-state index is 12.2. The molecule has 0 spiro atoms. The number of cyclic esters (lactones) is 1. The van der Waals surface area contributed by atoms with Crippen LogP contribution in [0.4, 0.5) is 0 Å². The second-order valence-electron chi connectivity index (χ2n) is 5.89. The lowest BCUT2D eigenvalue weighted by Gasteiger charge is -2.07. The van der Waals surface area contributed by atoms with E-state index >= 15 is 0 Å². The highest BCUT2D eigenvalue weighted by Crippen LogP contribution is 2.29. The van der Waals surface area contributed by atoms with E-state index < -0.39 is 5.97 Å². The number of halogens is 2. The molecular weight excluding hydrogens is 446 g/mol. The van der Waals surface area contributed by atoms with Crippen molar-refractivity contribution in [2.75, 3.05) is 7.11 Å². The van der Waals surface area contributed by atoms with Crippen LogP contribution in [0.25, 0.3) is 17.4 Å². The summed E-state index contributed by atoms with van der Waals surface area (Å²) in [4.78, 5) is 16.5. The highest BCUT2D eigenvalue weighted by Gasteiger charge is 2.26. The minimum atomic E-state index is -0.561. The first-order valence-electron chi connectivity index (χ1n) is 8.26. The van der Waals surface area contributed by atoms with Gasteiger partial charge in [0.15, 0.2) is 5.70 Å². The number of esters is 1. The summed E-state index contributed by atoms with van der Waals surface area (Å²) in [7, 11) is 1.51. The summed E-state index contributed by atoms with van der Waals surface area (Å²) in [5.74, 6) is 1.25. The Morgan fingerprint density at radius 2 is 1.89 bits per heavy atom. The maximum absolute atomic E-state index is 12.2. The highest BCUT2D eigenvalue weighted by atomic mass is 79.9. The molecule has 1 aliphatic heterocycles. The zero-order valence-corrected chi connectivity index (χ0v) is 17.0. The van der Waals surface area contributed by atoms with Gasteiger partial charge in [-0.2, -0.15) is 0 Å². The second kappa shape index (κ2) is 7.66. The van der Waals surface area contributed by atoms with E-state index in [9.17, 15) is 4.79 Å². The van der Waals surface area contributed by atoms with Crippen LogP contribution in [0, 0.1) is 0 Å². The first-order valence-corrected chi connectivity index (χ1v) is 9.43. The minimum Gasteiger partial charge on any atom is -0.496 e. The number of hydrogen-bond donors (Lipinski definition) is 0. The summed E-state index contributed by atoms with van der Waals surface area (Å²) in [5.41, 5.74) is 1.61. The van der Waals surface area contributed by atoms with Crippen LogP contribution in [0.1, 0.15) is 11.3 Å². The van der Waals surface area contributed by atoms with E-state index in [2.05, 4.69) is 20.9 Å². The topological polar surface area (TPSA) is 61.0 Å². The van der Waals surface area contributed by atoms with Crippen molar-refractivity contribution in [3.63, 3.8) is 0 Å². The van der Waals surface area contributed by atoms with Crippen LogP contribution >= 0.6 is 27.5 Å². The molecule has 28 heavy (non-hydrogen) atoms. The van der Waals surface area contributed by atoms with Crippen molar-refractivity contribution in [1.82, 2.24) is 0 Å². The third-order valence-electron chi connectivity index (χ3n) is 4.05. The Balaban J connectivity index is 1.64. The Labute approximate surface area is 174 Å². The molecule has 0 bridgehead atoms. The van der Waals surface area contributed by atoms with Crippen molar-refractivity contribution >= 4 is 45.5 Å². The molecule has 5 nitrogen and oxygen atoms in total. The number of methoxy groups -OCH3 is 1. The molecule has 0 radical (unpaired) electrons. The van der Waals surface area contributed by atoms with Crippen molar-refractivity contribution in [3.05, 3.63) is 81.1 Å². The number of carbonyl (C=O) groups is 1. The number of rotatable bonds is 4. The fraction of sp³-hybridized carbons (Fsp3) is 0.0476. The summed E-state index contributed by atoms with van der Waals surface area (Å²) >= 11 is 9.38. The van der Waals surface area contributed by atoms with Crippen molar-refractivity contribution in [2.24, 2.45) is 4.99 Å². The standard InChI is InChI=1S/C21H13BrClNO4/c1-26-19-10-14(23)6-8-16(19)20-24-17(21(25)28-20)11-15-7-9-18(27-15)12-2-4-13(22)5-3-12/h2-11H,1H3/b17-11+. The van der Waals surface area contributed by atoms with Crippen molar-refractivity contribution in [1.29, 1.82) is 0 Å². The lowest BCUT2D eigenvalue weighted by molar-refractivity contribution is -0.129. The van der Waals surface area contributed by atoms with Gasteiger partial charge in [-0.15, -0.1) is 0 Å². The number of benzene rings is 2. The van der Waals surface area contributed by atoms with Crippen molar-refractivity contribution in [3.8, 4) is 17.1 Å². The highest BCUT2D eigenvalue weighted by molar-refractivity contribution is 9.10. The van der Waals surface area contributed by atoms with Gasteiger partial charge in [0.2, 0.25) is 5.90 Å². The van der Waals surface area contributed by atoms with Gasteiger partial charge >= 0.3 is 5.97 Å². The first-order chi connectivity index (χ1) is 13.5. The maximum Gasteiger partial charge on any atom is 0.363 e. The molecular formula is C21H13BrClNO4. The molecule has 0 amide bonds. The number of ether oxygens (including phenoxy) is 2. The molecule has 1 aromatic heterocycles. The molecule has 4 rings (SSSR count). The fourth-order valence-corrected chi connectivity index (χ4v) is 3.13. The van der Waals surface area contributed by atoms with Gasteiger partial charge in [0.05, 0.1) is 12.7 Å². The zero-order chi connectivity index (χ0) is 19.7. The van der Waals surface area contributed by atoms with E-state index in [4.69, 9.17) is 25.5 Å². The van der Waals surface area contributed by atoms with E-state index in [1.807, 2.05) is 30.3 Å². The van der Waals surface area contributed by atoms with Gasteiger partial charge in [-0.25, -0.2) is 9.79 Å². The summed E-state index contributed by atoms with van der Waals surface area (Å²) in [6, 6.07) is 16.3. The van der Waals surface area contributed by atoms with Crippen LogP contribution < -0.4 is 4.74 Å². The number of aliphatic imine (C=N–C) groups is 1. The normalized spacial score (nSPS) is 14.9. The van der Waals surface area contributed by atoms with Gasteiger partial charge in [0.1, 0.15) is 17.3 Å². The average molecular weight is 459 g/mol. The SMILES string of the molecule is COc1cc(Cl)ccc1C1=N/C(=C/c2ccc(-c3ccc(Br)cc3)o2)C(=O)O1. The van der Waals surface area contributed by atoms with Gasteiger partial charge in [-0.3, -0.25) is 0 Å². The lowest BCUT2D eigenvalue weighted by Crippen LogP contribution is -2.07. The van der Waals surface area contributed by atoms with E-state index in [-0.39, 0.29) is 11.6 Å². The summed E-state index contributed by atoms with van der Waals surface area (Å²) in [6.07, 6.45) is 1.54. The Bertz CT molecular complexity index is 1120. The Hall–Kier alpha value is -2.83. The Morgan fingerprint density at radius 1 is 1.11 bits per heavy atom. The average Bonchev–Trinajstić information content (AvgIpc) is 3.29. The van der Waals surface area contributed by atoms with E-state index in [0.717, 1.165) is 10.0 Å². The summed E-state index contributed by atoms with van der Waals surface area (Å²) < 4.78 is 17.4. The molecule has 7 heteroatoms. The van der Waals surface area contributed by atoms with Gasteiger partial charge in [-0.1, -0.05) is 39.7 Å². The number of carbonyl (C=O) groups excluding carboxylic acids is 1. The molecule has 140 valence electrons. The van der Waals surface area contributed by atoms with Crippen LogP contribution in [0.15, 0.2) is 74.2 Å². The molecule has 0 N–H and O–H groups in total. The van der Waals surface area contributed by atoms with Crippen LogP contribution in [0.5, 0.6) is 5.75 Å². The van der Waals surface area contributed by atoms with Crippen LogP contribution in [-0.4, -0.2) is 19.0 Å². The van der Waals surface area contributed by atoms with Crippen LogP contribution in [0.3, 0.4) is 0 Å². The predicted octanol–water partition coefficient (Wildman–Crippen LogP) is 5.72. The quantitative estimate of drug-likeness (QED) is 0.371. The number of nitrogens with zero attached hydrogens (tertiary/aromatic N) is 1. The van der Waals surface area contributed by atoms with Gasteiger partial charge in [0, 0.05) is 21.1 Å². The molecule has 0 fully saturated rings.